The van der Waals surface area contributed by atoms with Crippen LogP contribution in [0.15, 0.2) is 54.1 Å². The van der Waals surface area contributed by atoms with Gasteiger partial charge < -0.3 is 39.4 Å². The molecule has 0 saturated heterocycles. The summed E-state index contributed by atoms with van der Waals surface area (Å²) in [7, 11) is 4.56. The third-order valence-electron chi connectivity index (χ3n) is 7.15. The monoisotopic (exact) mass is 722 g/mol. The summed E-state index contributed by atoms with van der Waals surface area (Å²) in [6.07, 6.45) is 4.13. The predicted octanol–water partition coefficient (Wildman–Crippen LogP) is 3.08. The fraction of sp³-hybridized carbons (Fsp3) is 0.406. The average molecular weight is 723 g/mol. The topological polar surface area (TPSA) is 144 Å². The molecule has 238 valence electrons. The van der Waals surface area contributed by atoms with Crippen LogP contribution in [0.2, 0.25) is 0 Å². The van der Waals surface area contributed by atoms with Gasteiger partial charge in [-0.1, -0.05) is 13.0 Å². The minimum Gasteiger partial charge on any atom is -0.497 e. The number of halogens is 1. The highest BCUT2D eigenvalue weighted by Gasteiger charge is 2.40. The summed E-state index contributed by atoms with van der Waals surface area (Å²) in [6, 6.07) is 7.67. The number of hydrogen-bond acceptors (Lipinski definition) is 9. The number of carbonyl (C=O) groups is 3. The van der Waals surface area contributed by atoms with E-state index < -0.39 is 24.2 Å². The van der Waals surface area contributed by atoms with E-state index in [1.54, 1.807) is 38.5 Å². The Morgan fingerprint density at radius 3 is 2.50 bits per heavy atom. The van der Waals surface area contributed by atoms with Crippen molar-refractivity contribution in [2.45, 2.75) is 44.4 Å². The number of aliphatic hydroxyl groups is 2. The van der Waals surface area contributed by atoms with Crippen molar-refractivity contribution >= 4 is 40.7 Å². The van der Waals surface area contributed by atoms with Crippen molar-refractivity contribution in [3.05, 3.63) is 68.8 Å². The van der Waals surface area contributed by atoms with Gasteiger partial charge in [-0.25, -0.2) is 0 Å². The number of methoxy groups -OCH3 is 3. The van der Waals surface area contributed by atoms with Crippen LogP contribution in [0.1, 0.15) is 35.7 Å². The highest BCUT2D eigenvalue weighted by atomic mass is 127. The number of hydrogen-bond donors (Lipinski definition) is 3. The summed E-state index contributed by atoms with van der Waals surface area (Å²) >= 11 is 2.01. The zero-order valence-corrected chi connectivity index (χ0v) is 27.4. The lowest BCUT2D eigenvalue weighted by Crippen LogP contribution is -2.55. The normalized spacial score (nSPS) is 17.9. The Bertz CT molecular complexity index is 1380. The molecule has 3 N–H and O–H groups in total. The van der Waals surface area contributed by atoms with Crippen LogP contribution in [0.5, 0.6) is 23.0 Å². The van der Waals surface area contributed by atoms with Gasteiger partial charge >= 0.3 is 0 Å². The number of allylic oxidation sites excluding steroid dienone is 1. The van der Waals surface area contributed by atoms with Gasteiger partial charge in [0, 0.05) is 30.6 Å². The van der Waals surface area contributed by atoms with E-state index in [2.05, 4.69) is 5.32 Å². The molecule has 1 aliphatic rings. The minimum absolute atomic E-state index is 0.0330. The van der Waals surface area contributed by atoms with Gasteiger partial charge in [-0.05, 0) is 83.5 Å². The van der Waals surface area contributed by atoms with E-state index in [9.17, 15) is 24.6 Å². The molecule has 44 heavy (non-hydrogen) atoms. The van der Waals surface area contributed by atoms with Crippen LogP contribution in [-0.2, 0) is 16.0 Å². The first-order valence-corrected chi connectivity index (χ1v) is 15.2. The Morgan fingerprint density at radius 1 is 1.11 bits per heavy atom. The van der Waals surface area contributed by atoms with Crippen molar-refractivity contribution in [2.75, 3.05) is 41.0 Å². The number of rotatable bonds is 15. The summed E-state index contributed by atoms with van der Waals surface area (Å²) in [4.78, 5) is 39.7. The molecule has 0 radical (unpaired) electrons. The third kappa shape index (κ3) is 8.73. The second-order valence-electron chi connectivity index (χ2n) is 9.94. The molecule has 3 atom stereocenters. The third-order valence-corrected chi connectivity index (χ3v) is 7.95. The van der Waals surface area contributed by atoms with E-state index in [0.717, 1.165) is 5.56 Å². The van der Waals surface area contributed by atoms with Crippen molar-refractivity contribution in [1.82, 2.24) is 10.2 Å². The molecule has 0 aromatic heterocycles. The van der Waals surface area contributed by atoms with Crippen molar-refractivity contribution < 1.29 is 43.5 Å². The number of amides is 2. The summed E-state index contributed by atoms with van der Waals surface area (Å²) in [5.74, 6) is 1.02. The maximum atomic E-state index is 13.6. The summed E-state index contributed by atoms with van der Waals surface area (Å²) < 4.78 is 23.2. The first kappa shape index (κ1) is 34.9. The molecular weight excluding hydrogens is 683 g/mol. The average Bonchev–Trinajstić information content (AvgIpc) is 3.04. The molecule has 0 aliphatic heterocycles. The number of aldehydes is 1. The molecule has 0 fully saturated rings. The molecule has 1 aliphatic carbocycles. The number of benzene rings is 2. The first-order chi connectivity index (χ1) is 21.2. The van der Waals surface area contributed by atoms with Crippen molar-refractivity contribution in [3.63, 3.8) is 0 Å². The van der Waals surface area contributed by atoms with E-state index in [4.69, 9.17) is 18.9 Å². The lowest BCUT2D eigenvalue weighted by atomic mass is 9.87. The van der Waals surface area contributed by atoms with E-state index in [1.807, 2.05) is 35.6 Å². The molecule has 0 saturated carbocycles. The molecule has 2 aromatic carbocycles. The standard InChI is InChI=1S/C32H39IN2O9/c1-5-6-7-29(38)35(12-10-21-16-23(41-2)8-9-26(21)42-3)25-17-22(32(40)34-11-13-36)18-27(30(25)39)44-31-24(33)14-20(19-37)15-28(31)43-4/h6-9,14-16,18-19,25,27,30,36,39H,5,10-13,17H2,1-4H3,(H,34,40)/t25-,27+,30+/m1/s1. The van der Waals surface area contributed by atoms with Gasteiger partial charge in [0.15, 0.2) is 11.5 Å². The maximum Gasteiger partial charge on any atom is 0.247 e. The number of carbonyl (C=O) groups excluding carboxylic acids is 3. The van der Waals surface area contributed by atoms with Crippen LogP contribution in [-0.4, -0.2) is 92.5 Å². The van der Waals surface area contributed by atoms with Gasteiger partial charge in [0.25, 0.3) is 0 Å². The first-order valence-electron chi connectivity index (χ1n) is 14.2. The lowest BCUT2D eigenvalue weighted by Gasteiger charge is -2.40. The van der Waals surface area contributed by atoms with Gasteiger partial charge in [0.05, 0.1) is 37.5 Å². The summed E-state index contributed by atoms with van der Waals surface area (Å²) in [5, 5.41) is 23.7. The Balaban J connectivity index is 2.04. The highest BCUT2D eigenvalue weighted by molar-refractivity contribution is 14.1. The smallest absolute Gasteiger partial charge is 0.247 e. The molecule has 3 rings (SSSR count). The van der Waals surface area contributed by atoms with Crippen LogP contribution in [0.4, 0.5) is 0 Å². The van der Waals surface area contributed by atoms with Crippen molar-refractivity contribution in [1.29, 1.82) is 0 Å². The number of nitrogens with zero attached hydrogens (tertiary/aromatic N) is 1. The second kappa shape index (κ2) is 17.0. The van der Waals surface area contributed by atoms with Crippen LogP contribution in [0.3, 0.4) is 0 Å². The number of ether oxygens (including phenoxy) is 4. The predicted molar refractivity (Wildman–Crippen MR) is 172 cm³/mol. The molecule has 0 bridgehead atoms. The SMILES string of the molecule is CCC=CC(=O)N(CCc1cc(OC)ccc1OC)[C@@H]1CC(C(=O)NCCO)=C[C@H](Oc2c(I)cc(C=O)cc2OC)[C@H]1O. The zero-order chi connectivity index (χ0) is 32.2. The Morgan fingerprint density at radius 2 is 1.86 bits per heavy atom. The maximum absolute atomic E-state index is 13.6. The highest BCUT2D eigenvalue weighted by Crippen LogP contribution is 2.37. The summed E-state index contributed by atoms with van der Waals surface area (Å²) in [5.41, 5.74) is 1.47. The quantitative estimate of drug-likeness (QED) is 0.144. The second-order valence-corrected chi connectivity index (χ2v) is 11.1. The Hall–Kier alpha value is -3.62. The molecule has 12 heteroatoms. The van der Waals surface area contributed by atoms with E-state index in [0.29, 0.717) is 39.8 Å². The largest absolute Gasteiger partial charge is 0.497 e. The van der Waals surface area contributed by atoms with Gasteiger partial charge in [0.2, 0.25) is 11.8 Å². The molecular formula is C32H39IN2O9. The fourth-order valence-corrected chi connectivity index (χ4v) is 5.66. The van der Waals surface area contributed by atoms with E-state index >= 15 is 0 Å². The lowest BCUT2D eigenvalue weighted by molar-refractivity contribution is -0.133. The molecule has 2 amide bonds. The van der Waals surface area contributed by atoms with Gasteiger partial charge in [-0.3, -0.25) is 14.4 Å². The van der Waals surface area contributed by atoms with Crippen molar-refractivity contribution in [2.24, 2.45) is 0 Å². The Labute approximate surface area is 271 Å². The minimum atomic E-state index is -1.25. The van der Waals surface area contributed by atoms with Gasteiger partial charge in [0.1, 0.15) is 30.0 Å². The Kier molecular flexibility index (Phi) is 13.5. The van der Waals surface area contributed by atoms with Crippen molar-refractivity contribution in [3.8, 4) is 23.0 Å². The molecule has 11 nitrogen and oxygen atoms in total. The molecule has 2 aromatic rings. The van der Waals surface area contributed by atoms with Crippen LogP contribution in [0.25, 0.3) is 0 Å². The van der Waals surface area contributed by atoms with E-state index in [1.165, 1.54) is 30.2 Å². The van der Waals surface area contributed by atoms with Crippen LogP contribution < -0.4 is 24.3 Å². The van der Waals surface area contributed by atoms with E-state index in [-0.39, 0.29) is 49.1 Å². The van der Waals surface area contributed by atoms with Crippen LogP contribution in [0, 0.1) is 3.57 Å². The molecule has 0 spiro atoms. The summed E-state index contributed by atoms with van der Waals surface area (Å²) in [6.45, 7) is 1.88. The number of nitrogens with one attached hydrogen (secondary N) is 1. The van der Waals surface area contributed by atoms with Gasteiger partial charge in [-0.15, -0.1) is 0 Å². The fourth-order valence-electron chi connectivity index (χ4n) is 4.91. The zero-order valence-electron chi connectivity index (χ0n) is 25.2. The molecule has 0 heterocycles. The van der Waals surface area contributed by atoms with Gasteiger partial charge in [-0.2, -0.15) is 0 Å². The molecule has 0 unspecified atom stereocenters. The van der Waals surface area contributed by atoms with Crippen LogP contribution >= 0.6 is 22.6 Å². The number of aliphatic hydroxyl groups excluding tert-OH is 2.